The van der Waals surface area contributed by atoms with Crippen molar-refractivity contribution in [3.8, 4) is 28.8 Å². The van der Waals surface area contributed by atoms with E-state index in [0.717, 1.165) is 23.4 Å². The Morgan fingerprint density at radius 1 is 1.09 bits per heavy atom. The van der Waals surface area contributed by atoms with Gasteiger partial charge in [-0.1, -0.05) is 44.4 Å². The van der Waals surface area contributed by atoms with Crippen LogP contribution < -0.4 is 10.1 Å². The molecule has 1 amide bonds. The van der Waals surface area contributed by atoms with Crippen LogP contribution in [0, 0.1) is 11.3 Å². The molecule has 0 atom stereocenters. The predicted molar refractivity (Wildman–Crippen MR) is 137 cm³/mol. The average molecular weight is 473 g/mol. The van der Waals surface area contributed by atoms with E-state index in [2.05, 4.69) is 12.2 Å². The Bertz CT molecular complexity index is 1150. The summed E-state index contributed by atoms with van der Waals surface area (Å²) in [6, 6.07) is 19.4. The lowest BCUT2D eigenvalue weighted by molar-refractivity contribution is -0.117. The normalized spacial score (nSPS) is 11.2. The van der Waals surface area contributed by atoms with E-state index in [4.69, 9.17) is 14.6 Å². The molecule has 3 rings (SSSR count). The van der Waals surface area contributed by atoms with Crippen molar-refractivity contribution < 1.29 is 14.3 Å². The first-order chi connectivity index (χ1) is 17.2. The summed E-state index contributed by atoms with van der Waals surface area (Å²) >= 11 is 0. The summed E-state index contributed by atoms with van der Waals surface area (Å²) in [4.78, 5) is 12.5. The molecule has 0 saturated heterocycles. The fourth-order valence-electron chi connectivity index (χ4n) is 3.52. The largest absolute Gasteiger partial charge is 0.494 e. The van der Waals surface area contributed by atoms with Gasteiger partial charge < -0.3 is 14.8 Å². The van der Waals surface area contributed by atoms with E-state index in [1.165, 1.54) is 19.3 Å². The van der Waals surface area contributed by atoms with Crippen molar-refractivity contribution in [2.24, 2.45) is 0 Å². The number of unbranched alkanes of at least 4 members (excludes halogenated alkanes) is 3. The lowest BCUT2D eigenvalue weighted by Gasteiger charge is -2.07. The minimum absolute atomic E-state index is 0.00185. The number of hydrogen-bond donors (Lipinski definition) is 1. The summed E-state index contributed by atoms with van der Waals surface area (Å²) in [5.41, 5.74) is 3.08. The highest BCUT2D eigenvalue weighted by atomic mass is 16.5. The van der Waals surface area contributed by atoms with Crippen LogP contribution in [0.5, 0.6) is 5.75 Å². The Morgan fingerprint density at radius 3 is 2.54 bits per heavy atom. The first-order valence-corrected chi connectivity index (χ1v) is 11.9. The lowest BCUT2D eigenvalue weighted by atomic mass is 10.1. The van der Waals surface area contributed by atoms with Gasteiger partial charge in [0.1, 0.15) is 17.4 Å². The summed E-state index contributed by atoms with van der Waals surface area (Å²) in [5, 5.41) is 17.1. The third-order valence-electron chi connectivity index (χ3n) is 5.41. The lowest BCUT2D eigenvalue weighted by Crippen LogP contribution is -2.27. The van der Waals surface area contributed by atoms with Crippen LogP contribution in [0.3, 0.4) is 0 Å². The Hall–Kier alpha value is -3.89. The van der Waals surface area contributed by atoms with Crippen molar-refractivity contribution in [1.82, 2.24) is 15.1 Å². The van der Waals surface area contributed by atoms with Crippen LogP contribution in [0.1, 0.15) is 38.2 Å². The van der Waals surface area contributed by atoms with E-state index in [0.29, 0.717) is 31.0 Å². The maximum atomic E-state index is 12.5. The number of ether oxygens (including phenoxy) is 2. The number of benzene rings is 2. The second kappa shape index (κ2) is 13.7. The molecule has 0 aliphatic rings. The minimum Gasteiger partial charge on any atom is -0.494 e. The number of nitriles is 1. The Morgan fingerprint density at radius 2 is 1.86 bits per heavy atom. The predicted octanol–water partition coefficient (Wildman–Crippen LogP) is 5.17. The van der Waals surface area contributed by atoms with Gasteiger partial charge in [-0.2, -0.15) is 10.4 Å². The molecule has 0 radical (unpaired) electrons. The molecule has 7 heteroatoms. The molecule has 0 unspecified atom stereocenters. The summed E-state index contributed by atoms with van der Waals surface area (Å²) in [7, 11) is 1.56. The Balaban J connectivity index is 1.88. The number of carbonyl (C=O) groups is 1. The molecule has 0 saturated carbocycles. The van der Waals surface area contributed by atoms with Gasteiger partial charge in [-0.15, -0.1) is 0 Å². The van der Waals surface area contributed by atoms with Crippen molar-refractivity contribution in [3.63, 3.8) is 0 Å². The Labute approximate surface area is 207 Å². The fraction of sp³-hybridized carbons (Fsp3) is 0.321. The van der Waals surface area contributed by atoms with E-state index >= 15 is 0 Å². The number of carbonyl (C=O) groups excluding carboxylic acids is 1. The monoisotopic (exact) mass is 472 g/mol. The van der Waals surface area contributed by atoms with Crippen molar-refractivity contribution >= 4 is 12.0 Å². The van der Waals surface area contributed by atoms with Crippen LogP contribution in [0.2, 0.25) is 0 Å². The molecule has 0 bridgehead atoms. The fourth-order valence-corrected chi connectivity index (χ4v) is 3.52. The second-order valence-electron chi connectivity index (χ2n) is 8.07. The van der Waals surface area contributed by atoms with Gasteiger partial charge >= 0.3 is 0 Å². The number of rotatable bonds is 13. The first kappa shape index (κ1) is 25.7. The summed E-state index contributed by atoms with van der Waals surface area (Å²) in [5.74, 6) is 0.356. The molecule has 0 fully saturated rings. The van der Waals surface area contributed by atoms with Crippen molar-refractivity contribution in [2.75, 3.05) is 26.9 Å². The molecule has 182 valence electrons. The maximum absolute atomic E-state index is 12.5. The number of amides is 1. The van der Waals surface area contributed by atoms with Gasteiger partial charge in [-0.05, 0) is 48.9 Å². The highest BCUT2D eigenvalue weighted by Gasteiger charge is 2.15. The third kappa shape index (κ3) is 7.56. The van der Waals surface area contributed by atoms with E-state index < -0.39 is 5.91 Å². The second-order valence-corrected chi connectivity index (χ2v) is 8.07. The van der Waals surface area contributed by atoms with E-state index in [-0.39, 0.29) is 5.57 Å². The molecule has 0 spiro atoms. The number of nitrogens with one attached hydrogen (secondary N) is 1. The highest BCUT2D eigenvalue weighted by molar-refractivity contribution is 6.02. The standard InChI is InChI=1S/C28H32N4O3/c1-3-4-5-9-17-35-26-14-12-22(13-15-26)27-24(19-23(20-29)28(33)30-16-18-34-2)21-32(31-27)25-10-7-6-8-11-25/h6-8,10-15,19,21H,3-5,9,16-18H2,1-2H3,(H,30,33)/b23-19+. The van der Waals surface area contributed by atoms with E-state index in [1.54, 1.807) is 17.9 Å². The highest BCUT2D eigenvalue weighted by Crippen LogP contribution is 2.27. The van der Waals surface area contributed by atoms with Crippen LogP contribution in [0.4, 0.5) is 0 Å². The molecular formula is C28H32N4O3. The molecule has 2 aromatic carbocycles. The van der Waals surface area contributed by atoms with E-state index in [1.807, 2.05) is 66.9 Å². The van der Waals surface area contributed by atoms with Gasteiger partial charge in [0, 0.05) is 31.0 Å². The zero-order valence-corrected chi connectivity index (χ0v) is 20.4. The summed E-state index contributed by atoms with van der Waals surface area (Å²) in [6.45, 7) is 3.58. The average Bonchev–Trinajstić information content (AvgIpc) is 3.32. The smallest absolute Gasteiger partial charge is 0.262 e. The topological polar surface area (TPSA) is 89.2 Å². The molecule has 1 N–H and O–H groups in total. The van der Waals surface area contributed by atoms with Crippen molar-refractivity contribution in [1.29, 1.82) is 5.26 Å². The quantitative estimate of drug-likeness (QED) is 0.211. The van der Waals surface area contributed by atoms with Gasteiger partial charge in [0.05, 0.1) is 24.6 Å². The van der Waals surface area contributed by atoms with Crippen molar-refractivity contribution in [3.05, 3.63) is 71.9 Å². The molecule has 1 aromatic heterocycles. The molecule has 7 nitrogen and oxygen atoms in total. The van der Waals surface area contributed by atoms with Crippen LogP contribution in [-0.2, 0) is 9.53 Å². The molecule has 0 aliphatic carbocycles. The number of hydrogen-bond acceptors (Lipinski definition) is 5. The number of para-hydroxylation sites is 1. The van der Waals surface area contributed by atoms with Gasteiger partial charge in [0.2, 0.25) is 0 Å². The van der Waals surface area contributed by atoms with Gasteiger partial charge in [-0.3, -0.25) is 4.79 Å². The van der Waals surface area contributed by atoms with Gasteiger partial charge in [0.15, 0.2) is 0 Å². The van der Waals surface area contributed by atoms with Crippen LogP contribution >= 0.6 is 0 Å². The van der Waals surface area contributed by atoms with Gasteiger partial charge in [0.25, 0.3) is 5.91 Å². The van der Waals surface area contributed by atoms with Crippen LogP contribution in [0.25, 0.3) is 23.0 Å². The molecule has 1 heterocycles. The maximum Gasteiger partial charge on any atom is 0.262 e. The molecule has 35 heavy (non-hydrogen) atoms. The summed E-state index contributed by atoms with van der Waals surface area (Å²) < 4.78 is 12.6. The number of aromatic nitrogens is 2. The number of methoxy groups -OCH3 is 1. The summed E-state index contributed by atoms with van der Waals surface area (Å²) in [6.07, 6.45) is 8.02. The van der Waals surface area contributed by atoms with Crippen LogP contribution in [-0.4, -0.2) is 42.6 Å². The zero-order valence-electron chi connectivity index (χ0n) is 20.4. The SMILES string of the molecule is CCCCCCOc1ccc(-c2nn(-c3ccccc3)cc2/C=C(\C#N)C(=O)NCCOC)cc1. The molecule has 3 aromatic rings. The molecule has 0 aliphatic heterocycles. The van der Waals surface area contributed by atoms with Crippen LogP contribution in [0.15, 0.2) is 66.4 Å². The van der Waals surface area contributed by atoms with Gasteiger partial charge in [-0.25, -0.2) is 4.68 Å². The minimum atomic E-state index is -0.449. The Kier molecular flexibility index (Phi) is 10.1. The number of nitrogens with zero attached hydrogens (tertiary/aromatic N) is 3. The van der Waals surface area contributed by atoms with E-state index in [9.17, 15) is 10.1 Å². The zero-order chi connectivity index (χ0) is 24.9. The molecular weight excluding hydrogens is 440 g/mol. The third-order valence-corrected chi connectivity index (χ3v) is 5.41. The first-order valence-electron chi connectivity index (χ1n) is 11.9. The van der Waals surface area contributed by atoms with Crippen molar-refractivity contribution in [2.45, 2.75) is 32.6 Å².